The summed E-state index contributed by atoms with van der Waals surface area (Å²) in [7, 11) is 1.19. The third kappa shape index (κ3) is 0.412. The predicted octanol–water partition coefficient (Wildman–Crippen LogP) is 1.09. The maximum atomic E-state index is 8.19. The molecule has 0 radical (unpaired) electrons. The van der Waals surface area contributed by atoms with Gasteiger partial charge in [0.2, 0.25) is 0 Å². The lowest BCUT2D eigenvalue weighted by molar-refractivity contribution is 1.66. The standard InChI is InChI=1S/CH3NS2/c2-4-1-3-4/h4H,1H2. The van der Waals surface area contributed by atoms with Gasteiger partial charge in [0.25, 0.3) is 0 Å². The van der Waals surface area contributed by atoms with Crippen molar-refractivity contribution in [1.82, 2.24) is 0 Å². The van der Waals surface area contributed by atoms with Crippen LogP contribution in [0.2, 0.25) is 0 Å². The minimum atomic E-state index is -0.454. The van der Waals surface area contributed by atoms with E-state index in [9.17, 15) is 0 Å². The molecule has 1 aliphatic rings. The Morgan fingerprint density at radius 3 is 2.25 bits per heavy atom. The molecule has 1 aliphatic heterocycles. The molecule has 0 aliphatic carbocycles. The Labute approximate surface area is 30.7 Å². The molecule has 1 unspecified atom stereocenters. The highest BCUT2D eigenvalue weighted by atomic mass is 33.2. The Balaban J connectivity index is 2.79. The lowest BCUT2D eigenvalue weighted by Crippen LogP contribution is -1.02. The quantitative estimate of drug-likeness (QED) is 0.275. The van der Waals surface area contributed by atoms with E-state index in [1.54, 1.807) is 10.8 Å². The van der Waals surface area contributed by atoms with E-state index >= 15 is 0 Å². The fourth-order valence-corrected chi connectivity index (χ4v) is 0.697. The van der Waals surface area contributed by atoms with Crippen molar-refractivity contribution in [1.29, 1.82) is 4.61 Å². The number of hydrogen-bond acceptors (Lipinski definition) is 2. The highest BCUT2D eigenvalue weighted by Crippen LogP contribution is 2.47. The van der Waals surface area contributed by atoms with E-state index in [4.69, 9.17) is 4.61 Å². The molecule has 24 valence electrons. The second kappa shape index (κ2) is 0.677. The van der Waals surface area contributed by atoms with Crippen molar-refractivity contribution in [2.75, 3.05) is 5.08 Å². The second-order valence-electron chi connectivity index (χ2n) is 0.610. The summed E-state index contributed by atoms with van der Waals surface area (Å²) in [5, 5.41) is 1.02. The maximum Gasteiger partial charge on any atom is 0.0714 e. The largest absolute Gasteiger partial charge is 0.222 e. The molecule has 0 aromatic heterocycles. The number of rotatable bonds is 0. The minimum Gasteiger partial charge on any atom is -0.222 e. The minimum absolute atomic E-state index is 0.454. The van der Waals surface area contributed by atoms with Crippen molar-refractivity contribution in [3.05, 3.63) is 0 Å². The Morgan fingerprint density at radius 1 is 2.00 bits per heavy atom. The van der Waals surface area contributed by atoms with Crippen LogP contribution in [0.25, 0.3) is 0 Å². The Morgan fingerprint density at radius 2 is 2.25 bits per heavy atom. The molecule has 0 bridgehead atoms. The number of nitrogens with zero attached hydrogens (tertiary/aromatic N) is 1. The molecule has 1 saturated heterocycles. The Bertz CT molecular complexity index is 69.8. The van der Waals surface area contributed by atoms with Crippen molar-refractivity contribution >= 4 is 20.3 Å². The average molecular weight is 93.2 g/mol. The third-order valence-corrected chi connectivity index (χ3v) is 2.20. The molecule has 1 heterocycles. The van der Waals surface area contributed by atoms with Crippen molar-refractivity contribution in [3.8, 4) is 0 Å². The molecule has 0 aromatic rings. The number of thiol groups is 1. The monoisotopic (exact) mass is 93.0 g/mol. The summed E-state index contributed by atoms with van der Waals surface area (Å²) >= 11 is 0. The van der Waals surface area contributed by atoms with E-state index in [1.807, 2.05) is 0 Å². The molecular formula is CH3NS2. The van der Waals surface area contributed by atoms with Crippen LogP contribution < -0.4 is 0 Å². The maximum absolute atomic E-state index is 8.19. The first-order valence-electron chi connectivity index (χ1n) is 0.987. The molecule has 1 rings (SSSR count). The van der Waals surface area contributed by atoms with Crippen molar-refractivity contribution in [3.63, 3.8) is 0 Å². The topological polar surface area (TPSA) is 23.8 Å². The summed E-state index contributed by atoms with van der Waals surface area (Å²) in [6.45, 7) is 0. The Kier molecular flexibility index (Phi) is 0.446. The van der Waals surface area contributed by atoms with Crippen LogP contribution in [0, 0.1) is 4.61 Å². The van der Waals surface area contributed by atoms with Gasteiger partial charge in [0.15, 0.2) is 0 Å². The smallest absolute Gasteiger partial charge is 0.0714 e. The van der Waals surface area contributed by atoms with Crippen molar-refractivity contribution in [2.24, 2.45) is 0 Å². The van der Waals surface area contributed by atoms with Crippen LogP contribution in [0.3, 0.4) is 0 Å². The molecule has 4 heavy (non-hydrogen) atoms. The molecule has 1 fully saturated rings. The lowest BCUT2D eigenvalue weighted by atomic mass is 11.9. The normalized spacial score (nSPS) is 39.2. The highest BCUT2D eigenvalue weighted by molar-refractivity contribution is 8.94. The summed E-state index contributed by atoms with van der Waals surface area (Å²) in [6.07, 6.45) is 0. The zero-order chi connectivity index (χ0) is 2.99. The summed E-state index contributed by atoms with van der Waals surface area (Å²) in [5.74, 6) is 0. The van der Waals surface area contributed by atoms with E-state index in [2.05, 4.69) is 0 Å². The van der Waals surface area contributed by atoms with Crippen LogP contribution in [0.1, 0.15) is 0 Å². The van der Waals surface area contributed by atoms with Gasteiger partial charge in [0, 0.05) is 0 Å². The van der Waals surface area contributed by atoms with E-state index in [0.29, 0.717) is 0 Å². The summed E-state index contributed by atoms with van der Waals surface area (Å²) < 4.78 is 8.19. The SMILES string of the molecule is N#[SH]1CS1. The number of hydrogen-bond donors (Lipinski definition) is 1. The molecule has 0 N–H and O–H groups in total. The van der Waals surface area contributed by atoms with Gasteiger partial charge in [-0.1, -0.05) is 10.8 Å². The van der Waals surface area contributed by atoms with Crippen molar-refractivity contribution < 1.29 is 0 Å². The third-order valence-electron chi connectivity index (χ3n) is 0.245. The Hall–Kier alpha value is 0.410. The van der Waals surface area contributed by atoms with Crippen LogP contribution in [0.15, 0.2) is 0 Å². The van der Waals surface area contributed by atoms with Crippen molar-refractivity contribution in [2.45, 2.75) is 0 Å². The van der Waals surface area contributed by atoms with Gasteiger partial charge in [0.1, 0.15) is 0 Å². The van der Waals surface area contributed by atoms with Crippen LogP contribution in [-0.4, -0.2) is 5.08 Å². The highest BCUT2D eigenvalue weighted by Gasteiger charge is 2.05. The van der Waals surface area contributed by atoms with Gasteiger partial charge in [-0.3, -0.25) is 0 Å². The average Bonchev–Trinajstić information content (AvgIpc) is 1.75. The van der Waals surface area contributed by atoms with E-state index in [-0.39, 0.29) is 0 Å². The first-order valence-corrected chi connectivity index (χ1v) is 4.06. The predicted molar refractivity (Wildman–Crippen MR) is 23.2 cm³/mol. The molecule has 1 nitrogen and oxygen atoms in total. The molecule has 0 amide bonds. The fourth-order valence-electron chi connectivity index (χ4n) is 0.0258. The van der Waals surface area contributed by atoms with Gasteiger partial charge in [-0.2, -0.15) is 0 Å². The first kappa shape index (κ1) is 2.64. The zero-order valence-electron chi connectivity index (χ0n) is 2.01. The lowest BCUT2D eigenvalue weighted by Gasteiger charge is -1.24. The van der Waals surface area contributed by atoms with Gasteiger partial charge in [0.05, 0.1) is 5.08 Å². The van der Waals surface area contributed by atoms with Crippen LogP contribution in [0.5, 0.6) is 0 Å². The van der Waals surface area contributed by atoms with Gasteiger partial charge >= 0.3 is 0 Å². The van der Waals surface area contributed by atoms with Crippen LogP contribution in [0.4, 0.5) is 0 Å². The molecule has 0 saturated carbocycles. The van der Waals surface area contributed by atoms with Crippen LogP contribution in [-0.2, 0) is 0 Å². The molecule has 0 aromatic carbocycles. The summed E-state index contributed by atoms with van der Waals surface area (Å²) in [5.41, 5.74) is 0. The van der Waals surface area contributed by atoms with Gasteiger partial charge in [-0.05, 0) is 9.56 Å². The fraction of sp³-hybridized carbons (Fsp3) is 1.00. The summed E-state index contributed by atoms with van der Waals surface area (Å²) in [6, 6.07) is 0. The van der Waals surface area contributed by atoms with Gasteiger partial charge in [-0.25, -0.2) is 4.61 Å². The summed E-state index contributed by atoms with van der Waals surface area (Å²) in [4.78, 5) is 0. The van der Waals surface area contributed by atoms with E-state index in [1.165, 1.54) is 0 Å². The van der Waals surface area contributed by atoms with E-state index in [0.717, 1.165) is 5.08 Å². The molecule has 3 heteroatoms. The zero-order valence-corrected chi connectivity index (χ0v) is 3.72. The van der Waals surface area contributed by atoms with E-state index < -0.39 is 9.56 Å². The first-order chi connectivity index (χ1) is 1.89. The molecule has 1 atom stereocenters. The molecule has 0 spiro atoms. The van der Waals surface area contributed by atoms with Gasteiger partial charge < -0.3 is 0 Å². The second-order valence-corrected chi connectivity index (χ2v) is 4.64. The molecular weight excluding hydrogens is 90.2 g/mol. The van der Waals surface area contributed by atoms with Crippen LogP contribution >= 0.6 is 20.3 Å². The van der Waals surface area contributed by atoms with Gasteiger partial charge in [-0.15, -0.1) is 0 Å².